The van der Waals surface area contributed by atoms with Gasteiger partial charge in [-0.25, -0.2) is 4.98 Å². The highest BCUT2D eigenvalue weighted by Gasteiger charge is 2.12. The zero-order valence-electron chi connectivity index (χ0n) is 10.1. The van der Waals surface area contributed by atoms with Gasteiger partial charge in [-0.15, -0.1) is 0 Å². The average Bonchev–Trinajstić information content (AvgIpc) is 2.84. The highest BCUT2D eigenvalue weighted by molar-refractivity contribution is 7.99. The summed E-state index contributed by atoms with van der Waals surface area (Å²) in [6, 6.07) is 10.2. The van der Waals surface area contributed by atoms with Crippen LogP contribution in [0.1, 0.15) is 0 Å². The van der Waals surface area contributed by atoms with Crippen molar-refractivity contribution in [3.05, 3.63) is 63.9 Å². The molecule has 0 bridgehead atoms. The Balaban J connectivity index is 1.97. The van der Waals surface area contributed by atoms with E-state index in [1.54, 1.807) is 12.3 Å². The quantitative estimate of drug-likeness (QED) is 0.541. The van der Waals surface area contributed by atoms with Crippen molar-refractivity contribution >= 4 is 34.6 Å². The van der Waals surface area contributed by atoms with Crippen LogP contribution in [0, 0.1) is 10.1 Å². The van der Waals surface area contributed by atoms with Crippen LogP contribution in [0.3, 0.4) is 0 Å². The molecule has 0 N–H and O–H groups in total. The summed E-state index contributed by atoms with van der Waals surface area (Å²) < 4.78 is 1.93. The van der Waals surface area contributed by atoms with E-state index in [1.807, 2.05) is 28.8 Å². The standard InChI is InChI=1S/C13H8ClN3O2S/c14-11-7-9(17(18)19)4-5-12(11)20-13-15-8-10-3-1-2-6-16(10)13/h1-8H. The van der Waals surface area contributed by atoms with Crippen LogP contribution in [-0.2, 0) is 0 Å². The first-order valence-corrected chi connectivity index (χ1v) is 6.88. The molecule has 7 heteroatoms. The lowest BCUT2D eigenvalue weighted by Gasteiger charge is -2.03. The molecule has 2 heterocycles. The van der Waals surface area contributed by atoms with Crippen LogP contribution in [0.4, 0.5) is 5.69 Å². The van der Waals surface area contributed by atoms with Crippen LogP contribution >= 0.6 is 23.4 Å². The number of rotatable bonds is 3. The lowest BCUT2D eigenvalue weighted by atomic mass is 10.3. The number of halogens is 1. The van der Waals surface area contributed by atoms with Crippen LogP contribution in [-0.4, -0.2) is 14.3 Å². The molecule has 100 valence electrons. The van der Waals surface area contributed by atoms with Crippen molar-refractivity contribution in [1.29, 1.82) is 0 Å². The van der Waals surface area contributed by atoms with E-state index >= 15 is 0 Å². The number of benzene rings is 1. The zero-order valence-corrected chi connectivity index (χ0v) is 11.6. The second kappa shape index (κ2) is 5.15. The topological polar surface area (TPSA) is 60.4 Å². The van der Waals surface area contributed by atoms with Gasteiger partial charge in [0, 0.05) is 23.2 Å². The Morgan fingerprint density at radius 1 is 1.30 bits per heavy atom. The third-order valence-corrected chi connectivity index (χ3v) is 4.22. The fraction of sp³-hybridized carbons (Fsp3) is 0. The molecule has 1 aromatic carbocycles. The Labute approximate surface area is 123 Å². The monoisotopic (exact) mass is 305 g/mol. The predicted octanol–water partition coefficient (Wildman–Crippen LogP) is 4.05. The second-order valence-electron chi connectivity index (χ2n) is 4.01. The third-order valence-electron chi connectivity index (χ3n) is 2.73. The number of pyridine rings is 1. The minimum atomic E-state index is -0.467. The predicted molar refractivity (Wildman–Crippen MR) is 77.4 cm³/mol. The largest absolute Gasteiger partial charge is 0.295 e. The van der Waals surface area contributed by atoms with E-state index in [2.05, 4.69) is 4.98 Å². The summed E-state index contributed by atoms with van der Waals surface area (Å²) in [5.41, 5.74) is 0.959. The van der Waals surface area contributed by atoms with Crippen molar-refractivity contribution in [1.82, 2.24) is 9.38 Å². The van der Waals surface area contributed by atoms with Gasteiger partial charge in [0.1, 0.15) is 0 Å². The molecule has 0 fully saturated rings. The Kier molecular flexibility index (Phi) is 3.33. The molecule has 0 spiro atoms. The van der Waals surface area contributed by atoms with E-state index in [1.165, 1.54) is 23.9 Å². The normalized spacial score (nSPS) is 10.8. The summed E-state index contributed by atoms with van der Waals surface area (Å²) in [5.74, 6) is 0. The van der Waals surface area contributed by atoms with Crippen molar-refractivity contribution < 1.29 is 4.92 Å². The molecule has 0 amide bonds. The van der Waals surface area contributed by atoms with E-state index in [0.717, 1.165) is 15.6 Å². The van der Waals surface area contributed by atoms with Gasteiger partial charge < -0.3 is 0 Å². The average molecular weight is 306 g/mol. The summed E-state index contributed by atoms with van der Waals surface area (Å²) >= 11 is 7.45. The number of hydrogen-bond acceptors (Lipinski definition) is 4. The molecule has 0 unspecified atom stereocenters. The highest BCUT2D eigenvalue weighted by atomic mass is 35.5. The fourth-order valence-electron chi connectivity index (χ4n) is 1.78. The summed E-state index contributed by atoms with van der Waals surface area (Å²) in [5, 5.41) is 11.8. The maximum Gasteiger partial charge on any atom is 0.270 e. The number of imidazole rings is 1. The summed E-state index contributed by atoms with van der Waals surface area (Å²) in [6.45, 7) is 0. The second-order valence-corrected chi connectivity index (χ2v) is 5.43. The molecule has 20 heavy (non-hydrogen) atoms. The number of nitro benzene ring substituents is 1. The first kappa shape index (κ1) is 13.0. The molecule has 0 saturated heterocycles. The molecule has 0 aliphatic rings. The SMILES string of the molecule is O=[N+]([O-])c1ccc(Sc2ncc3ccccn23)c(Cl)c1. The summed E-state index contributed by atoms with van der Waals surface area (Å²) in [4.78, 5) is 15.3. The summed E-state index contributed by atoms with van der Waals surface area (Å²) in [7, 11) is 0. The van der Waals surface area contributed by atoms with E-state index < -0.39 is 4.92 Å². The molecule has 0 saturated carbocycles. The van der Waals surface area contributed by atoms with Gasteiger partial charge >= 0.3 is 0 Å². The molecule has 0 radical (unpaired) electrons. The molecule has 0 aliphatic carbocycles. The number of aromatic nitrogens is 2. The minimum absolute atomic E-state index is 0.0210. The number of hydrogen-bond donors (Lipinski definition) is 0. The van der Waals surface area contributed by atoms with Crippen LogP contribution in [0.5, 0.6) is 0 Å². The molecule has 5 nitrogen and oxygen atoms in total. The van der Waals surface area contributed by atoms with Crippen molar-refractivity contribution in [2.24, 2.45) is 0 Å². The van der Waals surface area contributed by atoms with E-state index in [0.29, 0.717) is 5.02 Å². The lowest BCUT2D eigenvalue weighted by molar-refractivity contribution is -0.384. The molecule has 3 aromatic rings. The van der Waals surface area contributed by atoms with Crippen LogP contribution in [0.15, 0.2) is 58.8 Å². The van der Waals surface area contributed by atoms with Crippen molar-refractivity contribution in [2.75, 3.05) is 0 Å². The third kappa shape index (κ3) is 2.35. The number of non-ortho nitro benzene ring substituents is 1. The van der Waals surface area contributed by atoms with E-state index in [4.69, 9.17) is 11.6 Å². The van der Waals surface area contributed by atoms with E-state index in [9.17, 15) is 10.1 Å². The summed E-state index contributed by atoms with van der Waals surface area (Å²) in [6.07, 6.45) is 3.67. The Hall–Kier alpha value is -2.05. The number of nitro groups is 1. The van der Waals surface area contributed by atoms with Crippen LogP contribution in [0.2, 0.25) is 5.02 Å². The molecule has 0 aliphatic heterocycles. The molecule has 0 atom stereocenters. The van der Waals surface area contributed by atoms with Crippen LogP contribution < -0.4 is 0 Å². The van der Waals surface area contributed by atoms with Gasteiger partial charge in [-0.1, -0.05) is 17.7 Å². The van der Waals surface area contributed by atoms with Gasteiger partial charge in [-0.2, -0.15) is 0 Å². The molecule has 2 aromatic heterocycles. The maximum absolute atomic E-state index is 10.7. The zero-order chi connectivity index (χ0) is 14.1. The van der Waals surface area contributed by atoms with Gasteiger partial charge in [0.05, 0.1) is 21.7 Å². The lowest BCUT2D eigenvalue weighted by Crippen LogP contribution is -1.89. The van der Waals surface area contributed by atoms with E-state index in [-0.39, 0.29) is 5.69 Å². The number of nitrogens with zero attached hydrogens (tertiary/aromatic N) is 3. The Bertz CT molecular complexity index is 803. The maximum atomic E-state index is 10.7. The smallest absolute Gasteiger partial charge is 0.270 e. The van der Waals surface area contributed by atoms with Crippen molar-refractivity contribution in [3.63, 3.8) is 0 Å². The highest BCUT2D eigenvalue weighted by Crippen LogP contribution is 2.34. The first-order chi connectivity index (χ1) is 9.65. The van der Waals surface area contributed by atoms with Gasteiger partial charge in [0.25, 0.3) is 5.69 Å². The first-order valence-electron chi connectivity index (χ1n) is 5.69. The molecular formula is C13H8ClN3O2S. The number of fused-ring (bicyclic) bond motifs is 1. The van der Waals surface area contributed by atoms with Gasteiger partial charge in [0.2, 0.25) is 0 Å². The van der Waals surface area contributed by atoms with Gasteiger partial charge in [0.15, 0.2) is 5.16 Å². The Morgan fingerprint density at radius 2 is 2.15 bits per heavy atom. The molecular weight excluding hydrogens is 298 g/mol. The Morgan fingerprint density at radius 3 is 2.90 bits per heavy atom. The van der Waals surface area contributed by atoms with Gasteiger partial charge in [-0.3, -0.25) is 14.5 Å². The van der Waals surface area contributed by atoms with Crippen molar-refractivity contribution in [3.8, 4) is 0 Å². The van der Waals surface area contributed by atoms with Gasteiger partial charge in [-0.05, 0) is 30.0 Å². The van der Waals surface area contributed by atoms with Crippen LogP contribution in [0.25, 0.3) is 5.52 Å². The minimum Gasteiger partial charge on any atom is -0.295 e. The molecule has 3 rings (SSSR count). The fourth-order valence-corrected chi connectivity index (χ4v) is 2.93. The van der Waals surface area contributed by atoms with Crippen molar-refractivity contribution in [2.45, 2.75) is 10.1 Å².